The number of nitrogens with zero attached hydrogens (tertiary/aromatic N) is 1. The van der Waals surface area contributed by atoms with Crippen LogP contribution in [0, 0.1) is 5.82 Å². The normalized spacial score (nSPS) is 12.3. The Bertz CT molecular complexity index is 398. The summed E-state index contributed by atoms with van der Waals surface area (Å²) in [5.74, 6) is -0.551. The van der Waals surface area contributed by atoms with Crippen LogP contribution in [0.3, 0.4) is 0 Å². The van der Waals surface area contributed by atoms with Crippen LogP contribution in [0.2, 0.25) is 0 Å². The van der Waals surface area contributed by atoms with Crippen molar-refractivity contribution >= 4 is 21.8 Å². The minimum atomic E-state index is -0.383. The number of rotatable bonds is 3. The molecule has 1 rings (SSSR count). The molecule has 16 heavy (non-hydrogen) atoms. The maximum Gasteiger partial charge on any atom is 0.253 e. The van der Waals surface area contributed by atoms with Gasteiger partial charge in [0, 0.05) is 25.2 Å². The molecule has 1 aromatic carbocycles. The van der Waals surface area contributed by atoms with Crippen LogP contribution in [0.15, 0.2) is 22.7 Å². The van der Waals surface area contributed by atoms with E-state index in [1.165, 1.54) is 18.2 Å². The number of benzene rings is 1. The average Bonchev–Trinajstić information content (AvgIpc) is 2.29. The summed E-state index contributed by atoms with van der Waals surface area (Å²) in [5, 5.41) is 0. The highest BCUT2D eigenvalue weighted by molar-refractivity contribution is 9.10. The van der Waals surface area contributed by atoms with Gasteiger partial charge in [0.05, 0.1) is 4.47 Å². The molecule has 0 saturated heterocycles. The quantitative estimate of drug-likeness (QED) is 0.925. The van der Waals surface area contributed by atoms with Crippen molar-refractivity contribution in [2.45, 2.75) is 13.0 Å². The van der Waals surface area contributed by atoms with Gasteiger partial charge in [-0.3, -0.25) is 4.79 Å². The average molecular weight is 289 g/mol. The lowest BCUT2D eigenvalue weighted by Gasteiger charge is -2.23. The molecule has 0 aliphatic rings. The first kappa shape index (κ1) is 13.1. The van der Waals surface area contributed by atoms with Crippen LogP contribution < -0.4 is 5.73 Å². The van der Waals surface area contributed by atoms with Crippen molar-refractivity contribution in [3.05, 3.63) is 34.1 Å². The van der Waals surface area contributed by atoms with Crippen molar-refractivity contribution in [3.8, 4) is 0 Å². The number of carbonyl (C=O) groups excluding carboxylic acids is 1. The van der Waals surface area contributed by atoms with Gasteiger partial charge in [0.1, 0.15) is 5.82 Å². The molecule has 0 aliphatic carbocycles. The summed E-state index contributed by atoms with van der Waals surface area (Å²) in [6, 6.07) is 4.15. The zero-order chi connectivity index (χ0) is 12.3. The fourth-order valence-corrected chi connectivity index (χ4v) is 1.57. The van der Waals surface area contributed by atoms with Gasteiger partial charge < -0.3 is 10.6 Å². The Hall–Kier alpha value is -0.940. The molecule has 0 spiro atoms. The van der Waals surface area contributed by atoms with Gasteiger partial charge in [0.2, 0.25) is 0 Å². The smallest absolute Gasteiger partial charge is 0.253 e. The Morgan fingerprint density at radius 2 is 2.25 bits per heavy atom. The summed E-state index contributed by atoms with van der Waals surface area (Å²) in [4.78, 5) is 13.5. The first-order chi connectivity index (χ1) is 7.47. The molecule has 0 aliphatic heterocycles. The van der Waals surface area contributed by atoms with E-state index in [0.717, 1.165) is 0 Å². The van der Waals surface area contributed by atoms with Gasteiger partial charge in [-0.05, 0) is 41.1 Å². The van der Waals surface area contributed by atoms with Crippen molar-refractivity contribution in [1.82, 2.24) is 4.90 Å². The van der Waals surface area contributed by atoms with Crippen LogP contribution in [0.25, 0.3) is 0 Å². The van der Waals surface area contributed by atoms with Gasteiger partial charge in [0.25, 0.3) is 5.91 Å². The van der Waals surface area contributed by atoms with E-state index in [1.54, 1.807) is 11.9 Å². The second-order valence-electron chi connectivity index (χ2n) is 3.63. The SMILES string of the molecule is CC(CN)N(C)C(=O)c1ccc(F)c(Br)c1. The van der Waals surface area contributed by atoms with Gasteiger partial charge in [0.15, 0.2) is 0 Å². The lowest BCUT2D eigenvalue weighted by molar-refractivity contribution is 0.0748. The number of likely N-dealkylation sites (N-methyl/N-ethyl adjacent to an activating group) is 1. The Kier molecular flexibility index (Phi) is 4.44. The minimum absolute atomic E-state index is 0.0451. The van der Waals surface area contributed by atoms with Crippen LogP contribution in [0.1, 0.15) is 17.3 Å². The summed E-state index contributed by atoms with van der Waals surface area (Å²) < 4.78 is 13.3. The van der Waals surface area contributed by atoms with Crippen molar-refractivity contribution in [3.63, 3.8) is 0 Å². The number of carbonyl (C=O) groups is 1. The molecule has 0 heterocycles. The molecular weight excluding hydrogens is 275 g/mol. The number of amides is 1. The zero-order valence-corrected chi connectivity index (χ0v) is 10.8. The van der Waals surface area contributed by atoms with E-state index in [4.69, 9.17) is 5.73 Å². The fourth-order valence-electron chi connectivity index (χ4n) is 1.19. The zero-order valence-electron chi connectivity index (χ0n) is 9.21. The van der Waals surface area contributed by atoms with E-state index in [-0.39, 0.29) is 22.2 Å². The first-order valence-corrected chi connectivity index (χ1v) is 5.69. The Morgan fingerprint density at radius 3 is 2.75 bits per heavy atom. The van der Waals surface area contributed by atoms with Crippen molar-refractivity contribution in [1.29, 1.82) is 0 Å². The second-order valence-corrected chi connectivity index (χ2v) is 4.48. The molecule has 2 N–H and O–H groups in total. The largest absolute Gasteiger partial charge is 0.338 e. The van der Waals surface area contributed by atoms with Crippen molar-refractivity contribution in [2.24, 2.45) is 5.73 Å². The molecular formula is C11H14BrFN2O. The molecule has 0 radical (unpaired) electrons. The van der Waals surface area contributed by atoms with E-state index < -0.39 is 0 Å². The van der Waals surface area contributed by atoms with Crippen LogP contribution in [-0.2, 0) is 0 Å². The predicted octanol–water partition coefficient (Wildman–Crippen LogP) is 2.01. The number of hydrogen-bond acceptors (Lipinski definition) is 2. The Balaban J connectivity index is 2.92. The maximum atomic E-state index is 13.0. The molecule has 0 fully saturated rings. The van der Waals surface area contributed by atoms with Crippen LogP contribution >= 0.6 is 15.9 Å². The molecule has 88 valence electrons. The molecule has 5 heteroatoms. The monoisotopic (exact) mass is 288 g/mol. The molecule has 3 nitrogen and oxygen atoms in total. The molecule has 1 amide bonds. The predicted molar refractivity (Wildman–Crippen MR) is 64.7 cm³/mol. The highest BCUT2D eigenvalue weighted by Gasteiger charge is 2.17. The maximum absolute atomic E-state index is 13.0. The van der Waals surface area contributed by atoms with E-state index in [9.17, 15) is 9.18 Å². The van der Waals surface area contributed by atoms with E-state index in [0.29, 0.717) is 12.1 Å². The summed E-state index contributed by atoms with van der Waals surface area (Å²) in [5.41, 5.74) is 5.92. The van der Waals surface area contributed by atoms with Crippen molar-refractivity contribution in [2.75, 3.05) is 13.6 Å². The van der Waals surface area contributed by atoms with Crippen LogP contribution in [0.5, 0.6) is 0 Å². The highest BCUT2D eigenvalue weighted by atomic mass is 79.9. The van der Waals surface area contributed by atoms with Crippen molar-refractivity contribution < 1.29 is 9.18 Å². The Morgan fingerprint density at radius 1 is 1.62 bits per heavy atom. The minimum Gasteiger partial charge on any atom is -0.338 e. The molecule has 1 atom stereocenters. The van der Waals surface area contributed by atoms with E-state index in [1.807, 2.05) is 6.92 Å². The Labute approximate surface area is 103 Å². The third-order valence-corrected chi connectivity index (χ3v) is 3.10. The number of halogens is 2. The third-order valence-electron chi connectivity index (χ3n) is 2.49. The lowest BCUT2D eigenvalue weighted by Crippen LogP contribution is -2.39. The van der Waals surface area contributed by atoms with Gasteiger partial charge >= 0.3 is 0 Å². The molecule has 0 bridgehead atoms. The topological polar surface area (TPSA) is 46.3 Å². The van der Waals surface area contributed by atoms with Crippen LogP contribution in [0.4, 0.5) is 4.39 Å². The summed E-state index contributed by atoms with van der Waals surface area (Å²) in [6.07, 6.45) is 0. The van der Waals surface area contributed by atoms with Gasteiger partial charge in [-0.25, -0.2) is 4.39 Å². The standard InChI is InChI=1S/C11H14BrFN2O/c1-7(6-14)15(2)11(16)8-3-4-10(13)9(12)5-8/h3-5,7H,6,14H2,1-2H3. The lowest BCUT2D eigenvalue weighted by atomic mass is 10.1. The molecule has 0 aromatic heterocycles. The molecule has 0 saturated carbocycles. The summed E-state index contributed by atoms with van der Waals surface area (Å²) in [6.45, 7) is 2.25. The first-order valence-electron chi connectivity index (χ1n) is 4.89. The second kappa shape index (κ2) is 5.41. The summed E-state index contributed by atoms with van der Waals surface area (Å²) >= 11 is 3.05. The number of hydrogen-bond donors (Lipinski definition) is 1. The van der Waals surface area contributed by atoms with Crippen LogP contribution in [-0.4, -0.2) is 30.4 Å². The molecule has 1 aromatic rings. The highest BCUT2D eigenvalue weighted by Crippen LogP contribution is 2.18. The van der Waals surface area contributed by atoms with Gasteiger partial charge in [-0.15, -0.1) is 0 Å². The van der Waals surface area contributed by atoms with E-state index in [2.05, 4.69) is 15.9 Å². The van der Waals surface area contributed by atoms with Gasteiger partial charge in [-0.2, -0.15) is 0 Å². The fraction of sp³-hybridized carbons (Fsp3) is 0.364. The number of nitrogens with two attached hydrogens (primary N) is 1. The van der Waals surface area contributed by atoms with Gasteiger partial charge in [-0.1, -0.05) is 0 Å². The third kappa shape index (κ3) is 2.80. The molecule has 1 unspecified atom stereocenters. The summed E-state index contributed by atoms with van der Waals surface area (Å²) in [7, 11) is 1.68. The van der Waals surface area contributed by atoms with E-state index >= 15 is 0 Å².